The highest BCUT2D eigenvalue weighted by molar-refractivity contribution is 6.25. The summed E-state index contributed by atoms with van der Waals surface area (Å²) in [6, 6.07) is 41.9. The first-order valence-corrected chi connectivity index (χ1v) is 45.0. The smallest absolute Gasteiger partial charge is 0.317 e. The number of nitrogens with one attached hydrogen (secondary N) is 4. The standard InChI is InChI=1S/C48H53FN10O5.C27H28FN7O2.C20H26N4O4/c49-33-10-6-9-32(27-33)39-12-8-22-57(39)45-19-18-43-52-30-41(59(43)54-45)38-11-7-13-44(53-38)56-25-23-55(24-26-56)31-46(62)51-21-5-3-1-2-4-20-50-34-14-16-36-37(28-34)48(64)58(47(36)63)40-17-15-35(60)29-42(40)61;28-20-5-1-4-19(16-20)22-7-3-11-34(22)26-10-9-24-29-17-23(35(24)31-26)21-6-2-8-25(30-21)33-14-12-32(13-15-33)18-27(36)37;21-10-4-2-1-3-5-11-22-13-6-7-14-15(12-13)20(28)24(19(14)27)16-8-9-17(25)23-18(16)26/h6-7,9-11,13-14,16,18-19,27-28,30,39-40,50H,1-5,8,12,15,17,20-26,29,31H2,(H,51,62);1-2,4-6,8-10,16-17,22H,3,7,11-15,18H2,(H,36,37);6-7,12,16,22H,1-5,8-11,21H2,(H,23,25,26)/t39-,40?;22-;/m11./s1. The van der Waals surface area contributed by atoms with Crippen LogP contribution in [0.15, 0.2) is 158 Å². The number of imide groups is 3. The second-order valence-electron chi connectivity index (χ2n) is 33.9. The third-order valence-electron chi connectivity index (χ3n) is 25.2. The van der Waals surface area contributed by atoms with Gasteiger partial charge in [-0.2, -0.15) is 0 Å². The number of aliphatic carboxylic acids is 1. The van der Waals surface area contributed by atoms with Gasteiger partial charge in [-0.1, -0.05) is 74.9 Å². The van der Waals surface area contributed by atoms with Gasteiger partial charge in [0.15, 0.2) is 17.1 Å². The molecule has 129 heavy (non-hydrogen) atoms. The van der Waals surface area contributed by atoms with E-state index in [2.05, 4.69) is 55.7 Å². The topological polar surface area (TPSA) is 377 Å². The van der Waals surface area contributed by atoms with E-state index in [9.17, 15) is 56.7 Å². The summed E-state index contributed by atoms with van der Waals surface area (Å²) in [4.78, 5) is 157. The maximum Gasteiger partial charge on any atom is 0.317 e. The van der Waals surface area contributed by atoms with Gasteiger partial charge < -0.3 is 46.4 Å². The first-order valence-electron chi connectivity index (χ1n) is 45.0. The minimum Gasteiger partial charge on any atom is -0.480 e. The number of piperidine rings is 1. The number of Topliss-reactive ketones (excluding diaryl/α,β-unsaturated/α-hetero) is 2. The Bertz CT molecular complexity index is 5830. The zero-order valence-electron chi connectivity index (χ0n) is 72.1. The number of carbonyl (C=O) groups is 10. The number of rotatable bonds is 31. The Morgan fingerprint density at radius 2 is 0.922 bits per heavy atom. The molecule has 7 aliphatic heterocycles. The number of aromatic nitrogens is 8. The number of nitrogens with zero attached hydrogens (tertiary/aromatic N) is 16. The third kappa shape index (κ3) is 20.9. The predicted octanol–water partition coefficient (Wildman–Crippen LogP) is 10.7. The summed E-state index contributed by atoms with van der Waals surface area (Å²) in [6.45, 7) is 10.8. The minimum atomic E-state index is -0.935. The number of hydrogen-bond acceptors (Lipinski definition) is 25. The van der Waals surface area contributed by atoms with Crippen molar-refractivity contribution in [1.82, 2.24) is 69.4 Å². The number of carboxylic acids is 1. The second kappa shape index (κ2) is 41.2. The maximum atomic E-state index is 14.1. The molecule has 672 valence electrons. The summed E-state index contributed by atoms with van der Waals surface area (Å²) in [5.74, 6) is -1.29. The Labute approximate surface area is 745 Å². The number of nitrogens with two attached hydrogens (primary N) is 1. The summed E-state index contributed by atoms with van der Waals surface area (Å²) in [5.41, 5.74) is 14.7. The Morgan fingerprint density at radius 3 is 1.41 bits per heavy atom. The van der Waals surface area contributed by atoms with Crippen LogP contribution in [-0.4, -0.2) is 240 Å². The number of imidazole rings is 2. The van der Waals surface area contributed by atoms with Crippen molar-refractivity contribution in [1.29, 1.82) is 0 Å². The Kier molecular flexibility index (Phi) is 28.4. The fraction of sp³-hybridized carbons (Fsp3) is 0.411. The number of fused-ring (bicyclic) bond motifs is 4. The first kappa shape index (κ1) is 89.1. The molecule has 34 heteroatoms. The van der Waals surface area contributed by atoms with E-state index in [0.29, 0.717) is 43.9 Å². The average molecular weight is 1760 g/mol. The van der Waals surface area contributed by atoms with Crippen molar-refractivity contribution >= 4 is 105 Å². The monoisotopic (exact) mass is 1760 g/mol. The molecule has 1 aliphatic carbocycles. The van der Waals surface area contributed by atoms with Crippen molar-refractivity contribution < 1.29 is 61.8 Å². The molecule has 5 saturated heterocycles. The van der Waals surface area contributed by atoms with E-state index in [-0.39, 0.29) is 96.9 Å². The number of benzene rings is 4. The van der Waals surface area contributed by atoms with Gasteiger partial charge in [0.25, 0.3) is 23.6 Å². The molecule has 4 aromatic carbocycles. The zero-order chi connectivity index (χ0) is 89.6. The third-order valence-corrected chi connectivity index (χ3v) is 25.2. The summed E-state index contributed by atoms with van der Waals surface area (Å²) >= 11 is 0. The molecule has 4 atom stereocenters. The van der Waals surface area contributed by atoms with E-state index in [1.54, 1.807) is 73.1 Å². The maximum absolute atomic E-state index is 14.1. The number of unbranched alkanes of at least 4 members (excludes halogenated alkanes) is 8. The lowest BCUT2D eigenvalue weighted by Gasteiger charge is -2.35. The average Bonchev–Trinajstić information content (AvgIpc) is 1.45. The molecule has 18 rings (SSSR count). The summed E-state index contributed by atoms with van der Waals surface area (Å²) in [7, 11) is 0. The lowest BCUT2D eigenvalue weighted by Crippen LogP contribution is -2.54. The number of pyridine rings is 2. The van der Waals surface area contributed by atoms with Crippen LogP contribution in [0.5, 0.6) is 0 Å². The molecule has 0 radical (unpaired) electrons. The van der Waals surface area contributed by atoms with Crippen molar-refractivity contribution in [2.75, 3.05) is 135 Å². The zero-order valence-corrected chi connectivity index (χ0v) is 72.1. The van der Waals surface area contributed by atoms with Crippen LogP contribution in [0.25, 0.3) is 34.1 Å². The van der Waals surface area contributed by atoms with Crippen LogP contribution in [0.4, 0.5) is 43.4 Å². The fourth-order valence-electron chi connectivity index (χ4n) is 18.4. The van der Waals surface area contributed by atoms with Crippen LogP contribution >= 0.6 is 0 Å². The lowest BCUT2D eigenvalue weighted by molar-refractivity contribution is -0.139. The van der Waals surface area contributed by atoms with E-state index in [1.165, 1.54) is 12.1 Å². The molecule has 0 spiro atoms. The van der Waals surface area contributed by atoms with Gasteiger partial charge in [0.2, 0.25) is 17.7 Å². The Balaban J connectivity index is 0.000000158. The molecule has 0 bridgehead atoms. The summed E-state index contributed by atoms with van der Waals surface area (Å²) in [5, 5.41) is 30.9. The van der Waals surface area contributed by atoms with E-state index >= 15 is 0 Å². The molecule has 2 unspecified atom stereocenters. The Hall–Kier alpha value is -13.3. The second-order valence-corrected chi connectivity index (χ2v) is 33.9. The SMILES string of the molecule is NCCCCCCCNc1ccc2c(c1)C(=O)N(C1CCC(=O)NC1=O)C2=O.O=C(O)CN1CCN(c2cccc(-c3cnc4ccc(N5CCC[C@@H]5c5cccc(F)c5)nn34)n2)CC1.O=C1CCC(N2C(=O)c3ccc(NCCCCCCCNC(=O)CN4CCN(c5cccc(-c6cnc7ccc(N8CCC[C@@H]8c8cccc(F)c8)nn67)n5)CC4)cc3C2=O)C(=O)C1. The Morgan fingerprint density at radius 1 is 0.457 bits per heavy atom. The molecule has 7 N–H and O–H groups in total. The van der Waals surface area contributed by atoms with Gasteiger partial charge in [0.1, 0.15) is 58.1 Å². The summed E-state index contributed by atoms with van der Waals surface area (Å²) < 4.78 is 31.7. The fourth-order valence-corrected chi connectivity index (χ4v) is 18.4. The highest BCUT2D eigenvalue weighted by Crippen LogP contribution is 2.40. The van der Waals surface area contributed by atoms with Gasteiger partial charge in [0.05, 0.1) is 83.7 Å². The molecular weight excluding hydrogens is 1650 g/mol. The number of hydrogen-bond donors (Lipinski definition) is 6. The first-order chi connectivity index (χ1) is 62.8. The molecule has 7 amide bonds. The van der Waals surface area contributed by atoms with Crippen LogP contribution in [0.1, 0.15) is 187 Å². The predicted molar refractivity (Wildman–Crippen MR) is 482 cm³/mol. The number of halogens is 2. The van der Waals surface area contributed by atoms with Crippen molar-refractivity contribution in [2.24, 2.45) is 5.73 Å². The summed E-state index contributed by atoms with van der Waals surface area (Å²) in [6.07, 6.45) is 18.3. The molecule has 1 saturated carbocycles. The van der Waals surface area contributed by atoms with Crippen LogP contribution in [0.3, 0.4) is 0 Å². The van der Waals surface area contributed by atoms with Gasteiger partial charge in [-0.15, -0.1) is 10.2 Å². The highest BCUT2D eigenvalue weighted by atomic mass is 19.1. The van der Waals surface area contributed by atoms with Crippen LogP contribution in [0.2, 0.25) is 0 Å². The van der Waals surface area contributed by atoms with Crippen LogP contribution in [0, 0.1) is 11.6 Å². The van der Waals surface area contributed by atoms with E-state index in [0.717, 1.165) is 245 Å². The molecule has 13 heterocycles. The largest absolute Gasteiger partial charge is 0.480 e. The number of amides is 7. The molecule has 8 aliphatic rings. The van der Waals surface area contributed by atoms with Crippen LogP contribution in [-0.2, 0) is 28.8 Å². The minimum absolute atomic E-state index is 0.0338. The van der Waals surface area contributed by atoms with E-state index in [1.807, 2.05) is 86.7 Å². The van der Waals surface area contributed by atoms with Gasteiger partial charge in [-0.3, -0.25) is 72.9 Å². The number of piperazine rings is 2. The van der Waals surface area contributed by atoms with Gasteiger partial charge >= 0.3 is 5.97 Å². The quantitative estimate of drug-likeness (QED) is 0.0133. The van der Waals surface area contributed by atoms with Crippen molar-refractivity contribution in [3.8, 4) is 22.8 Å². The number of anilines is 6. The van der Waals surface area contributed by atoms with Gasteiger partial charge in [0, 0.05) is 109 Å². The van der Waals surface area contributed by atoms with Gasteiger partial charge in [-0.25, -0.2) is 37.7 Å². The lowest BCUT2D eigenvalue weighted by atomic mass is 9.92. The number of carboxylic acid groups (broad SMARTS) is 1. The molecule has 10 aromatic rings. The van der Waals surface area contributed by atoms with Crippen molar-refractivity contribution in [3.05, 3.63) is 203 Å². The number of carbonyl (C=O) groups excluding carboxylic acids is 9. The normalized spacial score (nSPS) is 19.0. The van der Waals surface area contributed by atoms with Gasteiger partial charge in [-0.05, 0) is 191 Å². The highest BCUT2D eigenvalue weighted by Gasteiger charge is 2.47. The van der Waals surface area contributed by atoms with Crippen LogP contribution < -0.4 is 46.6 Å². The molecule has 6 aromatic heterocycles. The van der Waals surface area contributed by atoms with E-state index in [4.69, 9.17) is 31.0 Å². The van der Waals surface area contributed by atoms with E-state index < -0.39 is 47.6 Å². The van der Waals surface area contributed by atoms with Crippen molar-refractivity contribution in [3.63, 3.8) is 0 Å². The molecular formula is C95H107F2N21O11. The molecule has 32 nitrogen and oxygen atoms in total. The molecule has 6 fully saturated rings. The number of ketones is 2. The van der Waals surface area contributed by atoms with Crippen molar-refractivity contribution in [2.45, 2.75) is 146 Å².